The summed E-state index contributed by atoms with van der Waals surface area (Å²) in [6.45, 7) is 8.44. The molecule has 0 aliphatic carbocycles. The van der Waals surface area contributed by atoms with E-state index in [0.717, 1.165) is 0 Å². The smallest absolute Gasteiger partial charge is 0.0792 e. The molecule has 0 fully saturated rings. The summed E-state index contributed by atoms with van der Waals surface area (Å²) in [5.41, 5.74) is 0. The van der Waals surface area contributed by atoms with E-state index in [9.17, 15) is 0 Å². The maximum absolute atomic E-state index is 2.35. The van der Waals surface area contributed by atoms with Gasteiger partial charge in [-0.3, -0.25) is 0 Å². The van der Waals surface area contributed by atoms with Crippen molar-refractivity contribution in [3.05, 3.63) is 0 Å². The number of rotatable bonds is 6. The fourth-order valence-corrected chi connectivity index (χ4v) is 1.55. The lowest BCUT2D eigenvalue weighted by Crippen LogP contribution is -2.44. The quantitative estimate of drug-likeness (QED) is 0.442. The second-order valence-electron chi connectivity index (χ2n) is 3.32. The van der Waals surface area contributed by atoms with Crippen molar-refractivity contribution in [3.8, 4) is 0 Å². The van der Waals surface area contributed by atoms with Gasteiger partial charge in [0.1, 0.15) is 0 Å². The summed E-state index contributed by atoms with van der Waals surface area (Å²) in [7, 11) is 2.35. The molecule has 0 aromatic rings. The number of hydrogen-bond acceptors (Lipinski definition) is 1. The largest absolute Gasteiger partial charge is 0.326 e. The van der Waals surface area contributed by atoms with Crippen LogP contribution in [0.3, 0.4) is 0 Å². The highest BCUT2D eigenvalue weighted by Crippen LogP contribution is 2.05. The number of nitrogens with zero attached hydrogens (tertiary/aromatic N) is 1. The zero-order chi connectivity index (χ0) is 8.74. The average Bonchev–Trinajstić information content (AvgIpc) is 2.05. The number of hydrogen-bond donors (Lipinski definition) is 0. The van der Waals surface area contributed by atoms with E-state index in [4.69, 9.17) is 0 Å². The van der Waals surface area contributed by atoms with Crippen molar-refractivity contribution in [3.63, 3.8) is 0 Å². The van der Waals surface area contributed by atoms with Gasteiger partial charge in [0.2, 0.25) is 0 Å². The molecule has 0 aliphatic heterocycles. The van der Waals surface area contributed by atoms with Crippen molar-refractivity contribution in [1.82, 2.24) is 0 Å². The van der Waals surface area contributed by atoms with Gasteiger partial charge in [-0.25, -0.2) is 0 Å². The Hall–Kier alpha value is 0.310. The zero-order valence-electron chi connectivity index (χ0n) is 8.39. The van der Waals surface area contributed by atoms with Gasteiger partial charge in [-0.05, 0) is 25.9 Å². The van der Waals surface area contributed by atoms with Crippen molar-refractivity contribution >= 4 is 11.8 Å². The molecule has 0 radical (unpaired) electrons. The van der Waals surface area contributed by atoms with Gasteiger partial charge in [0.15, 0.2) is 0 Å². The highest BCUT2D eigenvalue weighted by molar-refractivity contribution is 7.98. The van der Waals surface area contributed by atoms with E-state index in [1.165, 1.54) is 36.3 Å². The van der Waals surface area contributed by atoms with Crippen LogP contribution in [0.1, 0.15) is 20.3 Å². The molecule has 0 aromatic heterocycles. The summed E-state index contributed by atoms with van der Waals surface area (Å²) in [5, 5.41) is 0. The maximum atomic E-state index is 2.35. The third-order valence-corrected chi connectivity index (χ3v) is 3.27. The summed E-state index contributed by atoms with van der Waals surface area (Å²) in [5.74, 6) is 1.31. The molecule has 68 valence electrons. The molecule has 0 amide bonds. The van der Waals surface area contributed by atoms with Gasteiger partial charge in [-0.1, -0.05) is 0 Å². The van der Waals surface area contributed by atoms with Crippen molar-refractivity contribution in [2.24, 2.45) is 0 Å². The Kier molecular flexibility index (Phi) is 6.06. The van der Waals surface area contributed by atoms with Crippen LogP contribution < -0.4 is 0 Å². The molecular formula is C9H22NS+. The average molecular weight is 176 g/mol. The van der Waals surface area contributed by atoms with E-state index < -0.39 is 0 Å². The first kappa shape index (κ1) is 11.3. The minimum Gasteiger partial charge on any atom is -0.326 e. The van der Waals surface area contributed by atoms with Gasteiger partial charge >= 0.3 is 0 Å². The van der Waals surface area contributed by atoms with Crippen molar-refractivity contribution in [2.75, 3.05) is 38.7 Å². The molecule has 0 rings (SSSR count). The van der Waals surface area contributed by atoms with Gasteiger partial charge in [0.25, 0.3) is 0 Å². The second kappa shape index (κ2) is 5.90. The molecule has 0 aromatic carbocycles. The Morgan fingerprint density at radius 2 is 1.73 bits per heavy atom. The van der Waals surface area contributed by atoms with Crippen LogP contribution in [-0.4, -0.2) is 43.2 Å². The maximum Gasteiger partial charge on any atom is 0.0792 e. The molecule has 1 nitrogen and oxygen atoms in total. The van der Waals surface area contributed by atoms with E-state index in [0.29, 0.717) is 0 Å². The SMILES string of the molecule is CC[N+](C)(CC)CCCSC. The molecule has 0 spiro atoms. The summed E-state index contributed by atoms with van der Waals surface area (Å²) in [4.78, 5) is 0. The van der Waals surface area contributed by atoms with E-state index in [1.54, 1.807) is 0 Å². The van der Waals surface area contributed by atoms with E-state index >= 15 is 0 Å². The lowest BCUT2D eigenvalue weighted by Gasteiger charge is -2.32. The third kappa shape index (κ3) is 4.70. The summed E-state index contributed by atoms with van der Waals surface area (Å²) in [6.07, 6.45) is 3.54. The third-order valence-electron chi connectivity index (χ3n) is 2.57. The molecule has 0 saturated heterocycles. The Morgan fingerprint density at radius 3 is 2.09 bits per heavy atom. The van der Waals surface area contributed by atoms with Crippen LogP contribution in [0, 0.1) is 0 Å². The predicted octanol–water partition coefficient (Wildman–Crippen LogP) is 2.23. The standard InChI is InChI=1S/C9H22NS/c1-5-10(3,6-2)8-7-9-11-4/h5-9H2,1-4H3/q+1. The van der Waals surface area contributed by atoms with Crippen LogP contribution in [0.25, 0.3) is 0 Å². The van der Waals surface area contributed by atoms with Crippen LogP contribution in [-0.2, 0) is 0 Å². The van der Waals surface area contributed by atoms with Crippen LogP contribution in [0.4, 0.5) is 0 Å². The Balaban J connectivity index is 3.51. The molecule has 0 bridgehead atoms. The monoisotopic (exact) mass is 176 g/mol. The fraction of sp³-hybridized carbons (Fsp3) is 1.00. The molecule has 0 aliphatic rings. The second-order valence-corrected chi connectivity index (χ2v) is 4.31. The minimum absolute atomic E-state index is 1.24. The van der Waals surface area contributed by atoms with Crippen molar-refractivity contribution in [2.45, 2.75) is 20.3 Å². The van der Waals surface area contributed by atoms with Gasteiger partial charge in [-0.15, -0.1) is 0 Å². The van der Waals surface area contributed by atoms with E-state index in [1.807, 2.05) is 11.8 Å². The van der Waals surface area contributed by atoms with Gasteiger partial charge in [0.05, 0.1) is 26.7 Å². The highest BCUT2D eigenvalue weighted by atomic mass is 32.2. The van der Waals surface area contributed by atoms with Crippen molar-refractivity contribution < 1.29 is 4.48 Å². The van der Waals surface area contributed by atoms with E-state index in [2.05, 4.69) is 27.2 Å². The van der Waals surface area contributed by atoms with Crippen LogP contribution >= 0.6 is 11.8 Å². The molecule has 11 heavy (non-hydrogen) atoms. The lowest BCUT2D eigenvalue weighted by molar-refractivity contribution is -0.906. The lowest BCUT2D eigenvalue weighted by atomic mass is 10.3. The minimum atomic E-state index is 1.24. The molecule has 2 heteroatoms. The highest BCUT2D eigenvalue weighted by Gasteiger charge is 2.14. The first-order valence-corrected chi connectivity index (χ1v) is 5.90. The normalized spacial score (nSPS) is 12.0. The summed E-state index contributed by atoms with van der Waals surface area (Å²) in [6, 6.07) is 0. The van der Waals surface area contributed by atoms with Crippen LogP contribution in [0.5, 0.6) is 0 Å². The van der Waals surface area contributed by atoms with Gasteiger partial charge in [0, 0.05) is 6.42 Å². The number of quaternary nitrogens is 1. The molecule has 0 N–H and O–H groups in total. The Morgan fingerprint density at radius 1 is 1.18 bits per heavy atom. The summed E-state index contributed by atoms with van der Waals surface area (Å²) < 4.78 is 1.24. The first-order valence-electron chi connectivity index (χ1n) is 4.51. The molecule has 0 heterocycles. The van der Waals surface area contributed by atoms with Crippen LogP contribution in [0.2, 0.25) is 0 Å². The zero-order valence-corrected chi connectivity index (χ0v) is 9.21. The molecule has 0 atom stereocenters. The first-order chi connectivity index (χ1) is 5.18. The molecule has 0 unspecified atom stereocenters. The number of thioether (sulfide) groups is 1. The van der Waals surface area contributed by atoms with Crippen LogP contribution in [0.15, 0.2) is 0 Å². The van der Waals surface area contributed by atoms with Crippen molar-refractivity contribution in [1.29, 1.82) is 0 Å². The van der Waals surface area contributed by atoms with Gasteiger partial charge in [-0.2, -0.15) is 11.8 Å². The topological polar surface area (TPSA) is 0 Å². The molecule has 0 saturated carbocycles. The predicted molar refractivity (Wildman–Crippen MR) is 55.1 cm³/mol. The molecular weight excluding hydrogens is 154 g/mol. The summed E-state index contributed by atoms with van der Waals surface area (Å²) >= 11 is 1.95. The van der Waals surface area contributed by atoms with E-state index in [-0.39, 0.29) is 0 Å². The Labute approximate surface area is 75.8 Å². The fourth-order valence-electron chi connectivity index (χ4n) is 1.13. The Bertz CT molecular complexity index is 89.6. The van der Waals surface area contributed by atoms with Gasteiger partial charge < -0.3 is 4.48 Å².